The van der Waals surface area contributed by atoms with Crippen LogP contribution in [0.4, 0.5) is 8.78 Å². The quantitative estimate of drug-likeness (QED) is 0.827. The van der Waals surface area contributed by atoms with Gasteiger partial charge in [-0.15, -0.1) is 12.4 Å². The number of fused-ring (bicyclic) bond motifs is 3. The van der Waals surface area contributed by atoms with Crippen LogP contribution in [-0.2, 0) is 6.42 Å². The molecule has 3 unspecified atom stereocenters. The first-order valence-electron chi connectivity index (χ1n) is 6.21. The van der Waals surface area contributed by atoms with Crippen molar-refractivity contribution < 1.29 is 8.78 Å². The Morgan fingerprint density at radius 1 is 1.33 bits per heavy atom. The summed E-state index contributed by atoms with van der Waals surface area (Å²) in [7, 11) is 0. The minimum absolute atomic E-state index is 0. The first kappa shape index (κ1) is 13.8. The Morgan fingerprint density at radius 3 is 2.78 bits per heavy atom. The minimum atomic E-state index is -2.28. The van der Waals surface area contributed by atoms with Crippen molar-refractivity contribution in [2.45, 2.75) is 38.2 Å². The van der Waals surface area contributed by atoms with Gasteiger partial charge in [0, 0.05) is 12.5 Å². The van der Waals surface area contributed by atoms with Crippen LogP contribution in [0.2, 0.25) is 0 Å². The monoisotopic (exact) mass is 273 g/mol. The van der Waals surface area contributed by atoms with E-state index in [0.717, 1.165) is 18.4 Å². The zero-order chi connectivity index (χ0) is 12.0. The second-order valence-corrected chi connectivity index (χ2v) is 5.57. The van der Waals surface area contributed by atoms with Gasteiger partial charge < -0.3 is 5.32 Å². The second-order valence-electron chi connectivity index (χ2n) is 5.57. The topological polar surface area (TPSA) is 12.0 Å². The predicted octanol–water partition coefficient (Wildman–Crippen LogP) is 3.38. The van der Waals surface area contributed by atoms with E-state index in [0.29, 0.717) is 6.54 Å². The molecule has 0 aromatic heterocycles. The van der Waals surface area contributed by atoms with Crippen molar-refractivity contribution in [3.05, 3.63) is 35.4 Å². The first-order chi connectivity index (χ1) is 8.12. The van der Waals surface area contributed by atoms with Crippen molar-refractivity contribution >= 4 is 12.4 Å². The summed E-state index contributed by atoms with van der Waals surface area (Å²) in [6, 6.07) is 7.39. The highest BCUT2D eigenvalue weighted by atomic mass is 35.5. The fraction of sp³-hybridized carbons (Fsp3) is 0.571. The number of hydrogen-bond acceptors (Lipinski definition) is 1. The lowest BCUT2D eigenvalue weighted by Crippen LogP contribution is -2.36. The number of nitrogens with one attached hydrogen (secondary N) is 1. The molecule has 0 saturated carbocycles. The van der Waals surface area contributed by atoms with Crippen LogP contribution in [0, 0.1) is 5.41 Å². The Morgan fingerprint density at radius 2 is 2.06 bits per heavy atom. The zero-order valence-electron chi connectivity index (χ0n) is 10.3. The molecule has 1 aliphatic heterocycles. The van der Waals surface area contributed by atoms with Gasteiger partial charge in [0.1, 0.15) is 0 Å². The van der Waals surface area contributed by atoms with Crippen molar-refractivity contribution in [2.24, 2.45) is 5.41 Å². The third-order valence-corrected chi connectivity index (χ3v) is 4.48. The third kappa shape index (κ3) is 1.94. The molecule has 1 aromatic carbocycles. The molecule has 18 heavy (non-hydrogen) atoms. The Bertz CT molecular complexity index is 438. The molecule has 3 rings (SSSR count). The van der Waals surface area contributed by atoms with Crippen molar-refractivity contribution in [1.29, 1.82) is 0 Å². The van der Waals surface area contributed by atoms with Crippen LogP contribution >= 0.6 is 12.4 Å². The number of alkyl halides is 2. The van der Waals surface area contributed by atoms with Gasteiger partial charge in [0.25, 0.3) is 6.43 Å². The van der Waals surface area contributed by atoms with E-state index >= 15 is 0 Å². The summed E-state index contributed by atoms with van der Waals surface area (Å²) in [5.74, 6) is -0.0348. The maximum atomic E-state index is 13.1. The summed E-state index contributed by atoms with van der Waals surface area (Å²) < 4.78 is 26.2. The summed E-state index contributed by atoms with van der Waals surface area (Å²) in [6.45, 7) is 2.85. The molecule has 0 radical (unpaired) electrons. The van der Waals surface area contributed by atoms with Gasteiger partial charge in [-0.3, -0.25) is 0 Å². The van der Waals surface area contributed by atoms with E-state index in [4.69, 9.17) is 0 Å². The van der Waals surface area contributed by atoms with Crippen LogP contribution in [0.3, 0.4) is 0 Å². The molecular weight excluding hydrogens is 256 g/mol. The lowest BCUT2D eigenvalue weighted by molar-refractivity contribution is 0.0880. The Hall–Kier alpha value is -0.670. The Balaban J connectivity index is 0.00000120. The maximum absolute atomic E-state index is 13.1. The van der Waals surface area contributed by atoms with Gasteiger partial charge in [0.2, 0.25) is 0 Å². The largest absolute Gasteiger partial charge is 0.308 e. The third-order valence-electron chi connectivity index (χ3n) is 4.48. The number of aryl methyl sites for hydroxylation is 1. The van der Waals surface area contributed by atoms with Gasteiger partial charge >= 0.3 is 0 Å². The SMILES string of the molecule is CC12CCc3ccccc3C1C(C(F)F)NC2.Cl. The zero-order valence-corrected chi connectivity index (χ0v) is 11.1. The normalized spacial score (nSPS) is 33.8. The van der Waals surface area contributed by atoms with E-state index in [2.05, 4.69) is 18.3 Å². The summed E-state index contributed by atoms with van der Waals surface area (Å²) in [4.78, 5) is 0. The Kier molecular flexibility index (Phi) is 3.65. The fourth-order valence-electron chi connectivity index (χ4n) is 3.55. The molecule has 4 heteroatoms. The van der Waals surface area contributed by atoms with Crippen molar-refractivity contribution in [3.63, 3.8) is 0 Å². The molecule has 1 fully saturated rings. The van der Waals surface area contributed by atoms with E-state index in [1.54, 1.807) is 0 Å². The molecular formula is C14H18ClF2N. The van der Waals surface area contributed by atoms with E-state index in [-0.39, 0.29) is 23.7 Å². The highest BCUT2D eigenvalue weighted by Crippen LogP contribution is 2.51. The lowest BCUT2D eigenvalue weighted by Gasteiger charge is -2.38. The number of benzene rings is 1. The fourth-order valence-corrected chi connectivity index (χ4v) is 3.55. The van der Waals surface area contributed by atoms with Crippen molar-refractivity contribution in [1.82, 2.24) is 5.32 Å². The number of halogens is 3. The van der Waals surface area contributed by atoms with Crippen molar-refractivity contribution in [2.75, 3.05) is 6.54 Å². The summed E-state index contributed by atoms with van der Waals surface area (Å²) in [6.07, 6.45) is -0.265. The molecule has 0 amide bonds. The smallest absolute Gasteiger partial charge is 0.254 e. The molecule has 2 aliphatic rings. The van der Waals surface area contributed by atoms with Gasteiger partial charge in [0.05, 0.1) is 6.04 Å². The summed E-state index contributed by atoms with van der Waals surface area (Å²) in [5, 5.41) is 3.03. The molecule has 0 bridgehead atoms. The van der Waals surface area contributed by atoms with Gasteiger partial charge in [-0.2, -0.15) is 0 Å². The van der Waals surface area contributed by atoms with E-state index in [9.17, 15) is 8.78 Å². The number of rotatable bonds is 1. The van der Waals surface area contributed by atoms with Crippen LogP contribution in [0.25, 0.3) is 0 Å². The summed E-state index contributed by atoms with van der Waals surface area (Å²) in [5.41, 5.74) is 2.39. The van der Waals surface area contributed by atoms with Gasteiger partial charge in [-0.1, -0.05) is 31.2 Å². The molecule has 1 aliphatic carbocycles. The minimum Gasteiger partial charge on any atom is -0.308 e. The van der Waals surface area contributed by atoms with E-state index in [1.807, 2.05) is 18.2 Å². The van der Waals surface area contributed by atoms with Crippen molar-refractivity contribution in [3.8, 4) is 0 Å². The first-order valence-corrected chi connectivity index (χ1v) is 6.21. The molecule has 1 saturated heterocycles. The summed E-state index contributed by atoms with van der Waals surface area (Å²) >= 11 is 0. The second kappa shape index (κ2) is 4.78. The molecule has 3 atom stereocenters. The van der Waals surface area contributed by atoms with Gasteiger partial charge in [-0.25, -0.2) is 8.78 Å². The molecule has 1 aromatic rings. The Labute approximate surface area is 112 Å². The highest BCUT2D eigenvalue weighted by molar-refractivity contribution is 5.85. The van der Waals surface area contributed by atoms with Gasteiger partial charge in [-0.05, 0) is 29.4 Å². The average Bonchev–Trinajstić information content (AvgIpc) is 2.67. The van der Waals surface area contributed by atoms with E-state index in [1.165, 1.54) is 5.56 Å². The molecule has 1 heterocycles. The van der Waals surface area contributed by atoms with Gasteiger partial charge in [0.15, 0.2) is 0 Å². The highest BCUT2D eigenvalue weighted by Gasteiger charge is 2.51. The maximum Gasteiger partial charge on any atom is 0.254 e. The number of hydrogen-bond donors (Lipinski definition) is 1. The van der Waals surface area contributed by atoms with Crippen LogP contribution in [-0.4, -0.2) is 19.0 Å². The standard InChI is InChI=1S/C14H17F2N.ClH/c1-14-7-6-9-4-2-3-5-10(9)11(14)12(13(15)16)17-8-14;/h2-5,11-13,17H,6-8H2,1H3;1H. The van der Waals surface area contributed by atoms with Crippen LogP contribution in [0.15, 0.2) is 24.3 Å². The molecule has 100 valence electrons. The van der Waals surface area contributed by atoms with Crippen LogP contribution in [0.5, 0.6) is 0 Å². The van der Waals surface area contributed by atoms with Crippen LogP contribution < -0.4 is 5.32 Å². The van der Waals surface area contributed by atoms with E-state index < -0.39 is 12.5 Å². The predicted molar refractivity (Wildman–Crippen MR) is 70.7 cm³/mol. The lowest BCUT2D eigenvalue weighted by atomic mass is 9.65. The average molecular weight is 274 g/mol. The van der Waals surface area contributed by atoms with Crippen LogP contribution in [0.1, 0.15) is 30.4 Å². The molecule has 1 N–H and O–H groups in total. The molecule has 0 spiro atoms. The molecule has 1 nitrogen and oxygen atoms in total.